The zero-order valence-corrected chi connectivity index (χ0v) is 9.84. The molecule has 0 radical (unpaired) electrons. The first-order chi connectivity index (χ1) is 7.17. The predicted octanol–water partition coefficient (Wildman–Crippen LogP) is 2.18. The highest BCUT2D eigenvalue weighted by Gasteiger charge is 2.04. The lowest BCUT2D eigenvalue weighted by molar-refractivity contribution is 1.03. The van der Waals surface area contributed by atoms with E-state index in [-0.39, 0.29) is 0 Å². The maximum absolute atomic E-state index is 5.53. The Kier molecular flexibility index (Phi) is 4.37. The smallest absolute Gasteiger partial charge is 0.105 e. The van der Waals surface area contributed by atoms with Crippen LogP contribution in [0.25, 0.3) is 0 Å². The van der Waals surface area contributed by atoms with Crippen LogP contribution in [0.5, 0.6) is 0 Å². The Bertz CT molecular complexity index is 368. The summed E-state index contributed by atoms with van der Waals surface area (Å²) in [5, 5.41) is 1.38. The van der Waals surface area contributed by atoms with E-state index in [0.717, 1.165) is 22.7 Å². The van der Waals surface area contributed by atoms with Crippen molar-refractivity contribution in [2.45, 2.75) is 13.3 Å². The molecule has 0 aliphatic rings. The van der Waals surface area contributed by atoms with Crippen molar-refractivity contribution in [3.63, 3.8) is 0 Å². The number of hydrogen-bond donors (Lipinski definition) is 1. The number of nitrogens with two attached hydrogens (primary N) is 1. The third kappa shape index (κ3) is 3.40. The van der Waals surface area contributed by atoms with Gasteiger partial charge in [-0.2, -0.15) is 0 Å². The van der Waals surface area contributed by atoms with E-state index >= 15 is 0 Å². The molecule has 1 aromatic rings. The monoisotopic (exact) mass is 221 g/mol. The molecule has 0 aromatic carbocycles. The van der Waals surface area contributed by atoms with E-state index in [1.807, 2.05) is 18.3 Å². The van der Waals surface area contributed by atoms with Crippen LogP contribution in [0, 0.1) is 0 Å². The quantitative estimate of drug-likeness (QED) is 0.628. The van der Waals surface area contributed by atoms with E-state index in [1.54, 1.807) is 7.05 Å². The van der Waals surface area contributed by atoms with Crippen LogP contribution in [0.4, 0.5) is 0 Å². The Labute approximate surface area is 94.5 Å². The van der Waals surface area contributed by atoms with Gasteiger partial charge in [-0.05, 0) is 18.6 Å². The van der Waals surface area contributed by atoms with Gasteiger partial charge in [0.15, 0.2) is 0 Å². The first kappa shape index (κ1) is 11.8. The number of nitrogens with zero attached hydrogens (tertiary/aromatic N) is 2. The Morgan fingerprint density at radius 3 is 2.73 bits per heavy atom. The fraction of sp³-hybridized carbons (Fsp3) is 0.273. The number of hydrogen-bond acceptors (Lipinski definition) is 4. The highest BCUT2D eigenvalue weighted by molar-refractivity contribution is 8.17. The molecule has 3 nitrogen and oxygen atoms in total. The molecule has 1 aromatic heterocycles. The van der Waals surface area contributed by atoms with Crippen LogP contribution in [0.2, 0.25) is 0 Å². The minimum absolute atomic E-state index is 0.537. The fourth-order valence-corrected chi connectivity index (χ4v) is 1.70. The average Bonchev–Trinajstić information content (AvgIpc) is 2.26. The molecule has 80 valence electrons. The van der Waals surface area contributed by atoms with Crippen LogP contribution in [-0.2, 0) is 6.42 Å². The van der Waals surface area contributed by atoms with Gasteiger partial charge in [-0.15, -0.1) is 0 Å². The van der Waals surface area contributed by atoms with Gasteiger partial charge >= 0.3 is 0 Å². The van der Waals surface area contributed by atoms with Crippen molar-refractivity contribution in [1.82, 2.24) is 4.98 Å². The topological polar surface area (TPSA) is 51.3 Å². The van der Waals surface area contributed by atoms with E-state index in [1.165, 1.54) is 11.8 Å². The highest BCUT2D eigenvalue weighted by atomic mass is 32.2. The Morgan fingerprint density at radius 1 is 1.60 bits per heavy atom. The van der Waals surface area contributed by atoms with Crippen LogP contribution in [0.3, 0.4) is 0 Å². The fourth-order valence-electron chi connectivity index (χ4n) is 1.12. The van der Waals surface area contributed by atoms with Gasteiger partial charge in [0, 0.05) is 24.5 Å². The summed E-state index contributed by atoms with van der Waals surface area (Å²) >= 11 is 1.36. The van der Waals surface area contributed by atoms with E-state index in [0.29, 0.717) is 5.03 Å². The Balaban J connectivity index is 2.89. The van der Waals surface area contributed by atoms with E-state index in [4.69, 9.17) is 5.73 Å². The first-order valence-corrected chi connectivity index (χ1v) is 5.53. The van der Waals surface area contributed by atoms with Crippen molar-refractivity contribution in [1.29, 1.82) is 0 Å². The van der Waals surface area contributed by atoms with Crippen LogP contribution >= 0.6 is 11.8 Å². The van der Waals surface area contributed by atoms with Crippen molar-refractivity contribution < 1.29 is 0 Å². The van der Waals surface area contributed by atoms with Crippen molar-refractivity contribution in [2.75, 3.05) is 7.05 Å². The molecule has 0 fully saturated rings. The molecule has 0 saturated carbocycles. The summed E-state index contributed by atoms with van der Waals surface area (Å²) in [6, 6.07) is 4.00. The second kappa shape index (κ2) is 5.56. The molecule has 0 spiro atoms. The maximum Gasteiger partial charge on any atom is 0.105 e. The van der Waals surface area contributed by atoms with Crippen molar-refractivity contribution in [3.05, 3.63) is 41.2 Å². The lowest BCUT2D eigenvalue weighted by atomic mass is 10.2. The summed E-state index contributed by atoms with van der Waals surface area (Å²) in [5.74, 6) is 0. The van der Waals surface area contributed by atoms with Gasteiger partial charge in [0.1, 0.15) is 5.04 Å². The summed E-state index contributed by atoms with van der Waals surface area (Å²) < 4.78 is 0. The summed E-state index contributed by atoms with van der Waals surface area (Å²) in [5.41, 5.74) is 7.58. The molecule has 0 aliphatic heterocycles. The summed E-state index contributed by atoms with van der Waals surface area (Å²) in [6.45, 7) is 5.72. The van der Waals surface area contributed by atoms with Gasteiger partial charge in [0.25, 0.3) is 0 Å². The minimum atomic E-state index is 0.537. The average molecular weight is 221 g/mol. The molecule has 0 amide bonds. The molecular formula is C11H15N3S. The van der Waals surface area contributed by atoms with Gasteiger partial charge in [-0.25, -0.2) is 0 Å². The van der Waals surface area contributed by atoms with Crippen LogP contribution in [0.1, 0.15) is 18.2 Å². The Morgan fingerprint density at radius 2 is 2.33 bits per heavy atom. The number of rotatable bonds is 3. The second-order valence-corrected chi connectivity index (χ2v) is 4.10. The van der Waals surface area contributed by atoms with Crippen LogP contribution in [0.15, 0.2) is 34.9 Å². The highest BCUT2D eigenvalue weighted by Crippen LogP contribution is 2.17. The van der Waals surface area contributed by atoms with Crippen molar-refractivity contribution in [3.8, 4) is 0 Å². The van der Waals surface area contributed by atoms with Crippen molar-refractivity contribution >= 4 is 16.8 Å². The van der Waals surface area contributed by atoms with E-state index < -0.39 is 0 Å². The lowest BCUT2D eigenvalue weighted by Crippen LogP contribution is -2.01. The minimum Gasteiger partial charge on any atom is -0.394 e. The normalized spacial score (nSPS) is 11.5. The standard InChI is InChI=1S/C11H15N3S/c1-4-10-6-5-9(7-14-10)11(13-3)15-8(2)12/h5-7H,2,4,12H2,1,3H3. The lowest BCUT2D eigenvalue weighted by Gasteiger charge is -2.05. The zero-order valence-electron chi connectivity index (χ0n) is 9.03. The maximum atomic E-state index is 5.53. The second-order valence-electron chi connectivity index (χ2n) is 2.99. The number of thioether (sulfide) groups is 1. The van der Waals surface area contributed by atoms with Gasteiger partial charge in [0.2, 0.25) is 0 Å². The molecule has 0 bridgehead atoms. The van der Waals surface area contributed by atoms with Gasteiger partial charge in [0.05, 0.1) is 5.03 Å². The number of aliphatic imine (C=N–C) groups is 1. The molecule has 0 atom stereocenters. The first-order valence-electron chi connectivity index (χ1n) is 4.71. The third-order valence-corrected chi connectivity index (χ3v) is 2.74. The summed E-state index contributed by atoms with van der Waals surface area (Å²) in [4.78, 5) is 8.46. The molecule has 15 heavy (non-hydrogen) atoms. The van der Waals surface area contributed by atoms with Crippen molar-refractivity contribution in [2.24, 2.45) is 10.7 Å². The Hall–Kier alpha value is -1.29. The summed E-state index contributed by atoms with van der Waals surface area (Å²) in [6.07, 6.45) is 2.76. The molecule has 2 N–H and O–H groups in total. The van der Waals surface area contributed by atoms with Gasteiger partial charge in [-0.1, -0.05) is 25.3 Å². The molecule has 4 heteroatoms. The van der Waals surface area contributed by atoms with E-state index in [9.17, 15) is 0 Å². The number of pyridine rings is 1. The predicted molar refractivity (Wildman–Crippen MR) is 67.0 cm³/mol. The van der Waals surface area contributed by atoms with E-state index in [2.05, 4.69) is 23.5 Å². The van der Waals surface area contributed by atoms with Crippen LogP contribution in [-0.4, -0.2) is 17.1 Å². The molecule has 1 heterocycles. The molecule has 0 saturated heterocycles. The molecule has 1 rings (SSSR count). The van der Waals surface area contributed by atoms with Gasteiger partial charge < -0.3 is 5.73 Å². The van der Waals surface area contributed by atoms with Crippen LogP contribution < -0.4 is 5.73 Å². The molecule has 0 unspecified atom stereocenters. The zero-order chi connectivity index (χ0) is 11.3. The molecule has 0 aliphatic carbocycles. The largest absolute Gasteiger partial charge is 0.394 e. The third-order valence-electron chi connectivity index (χ3n) is 1.86. The molecular weight excluding hydrogens is 206 g/mol. The number of aryl methyl sites for hydroxylation is 1. The van der Waals surface area contributed by atoms with Gasteiger partial charge in [-0.3, -0.25) is 9.98 Å². The summed E-state index contributed by atoms with van der Waals surface area (Å²) in [7, 11) is 1.74. The number of aromatic nitrogens is 1. The SMILES string of the molecule is C=C(N)SC(=NC)c1ccc(CC)nc1.